The van der Waals surface area contributed by atoms with E-state index in [-0.39, 0.29) is 5.69 Å². The van der Waals surface area contributed by atoms with Gasteiger partial charge in [0.25, 0.3) is 0 Å². The number of carbonyl (C=O) groups is 1. The van der Waals surface area contributed by atoms with Crippen LogP contribution in [-0.4, -0.2) is 59.3 Å². The lowest BCUT2D eigenvalue weighted by molar-refractivity contribution is 0.0685. The molecule has 1 aliphatic rings. The normalized spacial score (nSPS) is 18.4. The molecular formula is C12H19N3O3. The zero-order valence-electron chi connectivity index (χ0n) is 10.8. The van der Waals surface area contributed by atoms with Crippen molar-refractivity contribution in [3.05, 3.63) is 17.5 Å². The highest BCUT2D eigenvalue weighted by atomic mass is 16.5. The first-order valence-corrected chi connectivity index (χ1v) is 6.14. The van der Waals surface area contributed by atoms with Gasteiger partial charge in [-0.1, -0.05) is 5.16 Å². The van der Waals surface area contributed by atoms with Crippen molar-refractivity contribution in [2.45, 2.75) is 25.4 Å². The third-order valence-corrected chi connectivity index (χ3v) is 3.44. The monoisotopic (exact) mass is 253 g/mol. The summed E-state index contributed by atoms with van der Waals surface area (Å²) in [5, 5.41) is 12.3. The summed E-state index contributed by atoms with van der Waals surface area (Å²) in [4.78, 5) is 15.2. The zero-order valence-corrected chi connectivity index (χ0v) is 10.8. The number of hydrogen-bond acceptors (Lipinski definition) is 5. The Morgan fingerprint density at radius 3 is 2.72 bits per heavy atom. The first kappa shape index (κ1) is 13.0. The van der Waals surface area contributed by atoms with Gasteiger partial charge in [-0.2, -0.15) is 0 Å². The highest BCUT2D eigenvalue weighted by Crippen LogP contribution is 2.16. The number of aromatic nitrogens is 1. The molecule has 6 heteroatoms. The van der Waals surface area contributed by atoms with E-state index in [0.717, 1.165) is 25.9 Å². The van der Waals surface area contributed by atoms with Crippen molar-refractivity contribution >= 4 is 5.97 Å². The molecule has 0 amide bonds. The Labute approximate surface area is 106 Å². The van der Waals surface area contributed by atoms with Gasteiger partial charge in [0.15, 0.2) is 11.5 Å². The second-order valence-electron chi connectivity index (χ2n) is 4.95. The van der Waals surface area contributed by atoms with Crippen LogP contribution in [0.15, 0.2) is 10.6 Å². The van der Waals surface area contributed by atoms with Crippen LogP contribution in [0.25, 0.3) is 0 Å². The number of carboxylic acid groups (broad SMARTS) is 1. The Morgan fingerprint density at radius 1 is 1.56 bits per heavy atom. The molecule has 2 rings (SSSR count). The largest absolute Gasteiger partial charge is 0.476 e. The minimum absolute atomic E-state index is 0.0202. The van der Waals surface area contributed by atoms with E-state index in [4.69, 9.17) is 9.63 Å². The number of carboxylic acids is 1. The Hall–Kier alpha value is -1.40. The summed E-state index contributed by atoms with van der Waals surface area (Å²) in [7, 11) is 4.21. The standard InChI is InChI=1S/C12H19N3O3/c1-14(2)9-3-5-15(6-4-9)8-10-7-11(12(16)17)13-18-10/h7,9H,3-6,8H2,1-2H3,(H,16,17). The molecule has 6 nitrogen and oxygen atoms in total. The zero-order chi connectivity index (χ0) is 13.1. The number of hydrogen-bond donors (Lipinski definition) is 1. The highest BCUT2D eigenvalue weighted by Gasteiger charge is 2.22. The van der Waals surface area contributed by atoms with Crippen LogP contribution >= 0.6 is 0 Å². The molecule has 18 heavy (non-hydrogen) atoms. The fourth-order valence-corrected chi connectivity index (χ4v) is 2.30. The molecule has 1 aliphatic heterocycles. The molecule has 1 aromatic rings. The van der Waals surface area contributed by atoms with Crippen LogP contribution < -0.4 is 0 Å². The van der Waals surface area contributed by atoms with Gasteiger partial charge in [-0.05, 0) is 26.9 Å². The van der Waals surface area contributed by atoms with Crippen LogP contribution in [0.1, 0.15) is 29.1 Å². The molecule has 0 radical (unpaired) electrons. The maximum atomic E-state index is 10.7. The van der Waals surface area contributed by atoms with Crippen molar-refractivity contribution in [2.24, 2.45) is 0 Å². The Balaban J connectivity index is 1.85. The first-order chi connectivity index (χ1) is 8.56. The van der Waals surface area contributed by atoms with Crippen LogP contribution in [0.5, 0.6) is 0 Å². The molecule has 0 spiro atoms. The van der Waals surface area contributed by atoms with Gasteiger partial charge in [0.05, 0.1) is 6.54 Å². The van der Waals surface area contributed by atoms with Crippen molar-refractivity contribution in [2.75, 3.05) is 27.2 Å². The average molecular weight is 253 g/mol. The maximum absolute atomic E-state index is 10.7. The number of nitrogens with zero attached hydrogens (tertiary/aromatic N) is 3. The van der Waals surface area contributed by atoms with E-state index in [9.17, 15) is 4.79 Å². The highest BCUT2D eigenvalue weighted by molar-refractivity contribution is 5.85. The third-order valence-electron chi connectivity index (χ3n) is 3.44. The molecule has 0 bridgehead atoms. The predicted octanol–water partition coefficient (Wildman–Crippen LogP) is 0.899. The first-order valence-electron chi connectivity index (χ1n) is 6.14. The molecule has 0 unspecified atom stereocenters. The molecule has 0 atom stereocenters. The fraction of sp³-hybridized carbons (Fsp3) is 0.667. The minimum atomic E-state index is -1.05. The lowest BCUT2D eigenvalue weighted by Gasteiger charge is -2.34. The van der Waals surface area contributed by atoms with Gasteiger partial charge >= 0.3 is 5.97 Å². The molecule has 0 aliphatic carbocycles. The van der Waals surface area contributed by atoms with E-state index in [0.29, 0.717) is 18.3 Å². The molecule has 0 saturated carbocycles. The smallest absolute Gasteiger partial charge is 0.358 e. The van der Waals surface area contributed by atoms with Gasteiger partial charge in [0.2, 0.25) is 0 Å². The molecule has 1 N–H and O–H groups in total. The van der Waals surface area contributed by atoms with E-state index in [2.05, 4.69) is 29.1 Å². The number of rotatable bonds is 4. The summed E-state index contributed by atoms with van der Waals surface area (Å²) in [5.74, 6) is -0.424. The molecule has 0 aromatic carbocycles. The van der Waals surface area contributed by atoms with E-state index >= 15 is 0 Å². The lowest BCUT2D eigenvalue weighted by atomic mass is 10.0. The van der Waals surface area contributed by atoms with Crippen LogP contribution in [0.2, 0.25) is 0 Å². The molecule has 2 heterocycles. The van der Waals surface area contributed by atoms with Crippen LogP contribution in [0, 0.1) is 0 Å². The predicted molar refractivity (Wildman–Crippen MR) is 65.4 cm³/mol. The third kappa shape index (κ3) is 3.08. The Kier molecular flexibility index (Phi) is 3.98. The Morgan fingerprint density at radius 2 is 2.22 bits per heavy atom. The number of aromatic carboxylic acids is 1. The van der Waals surface area contributed by atoms with Gasteiger partial charge < -0.3 is 14.5 Å². The van der Waals surface area contributed by atoms with E-state index in [1.165, 1.54) is 6.07 Å². The topological polar surface area (TPSA) is 69.8 Å². The second kappa shape index (κ2) is 5.49. The second-order valence-corrected chi connectivity index (χ2v) is 4.95. The summed E-state index contributed by atoms with van der Waals surface area (Å²) < 4.78 is 5.02. The minimum Gasteiger partial charge on any atom is -0.476 e. The average Bonchev–Trinajstić information content (AvgIpc) is 2.78. The number of piperidine rings is 1. The SMILES string of the molecule is CN(C)C1CCN(Cc2cc(C(=O)O)no2)CC1. The van der Waals surface area contributed by atoms with Crippen molar-refractivity contribution in [1.29, 1.82) is 0 Å². The summed E-state index contributed by atoms with van der Waals surface area (Å²) in [6.07, 6.45) is 2.26. The maximum Gasteiger partial charge on any atom is 0.358 e. The van der Waals surface area contributed by atoms with Gasteiger partial charge in [0.1, 0.15) is 0 Å². The van der Waals surface area contributed by atoms with Gasteiger partial charge in [0, 0.05) is 25.2 Å². The van der Waals surface area contributed by atoms with Gasteiger partial charge in [-0.15, -0.1) is 0 Å². The summed E-state index contributed by atoms with van der Waals surface area (Å²) in [6, 6.07) is 2.14. The molecule has 1 saturated heterocycles. The molecular weight excluding hydrogens is 234 g/mol. The van der Waals surface area contributed by atoms with Crippen LogP contribution in [0.3, 0.4) is 0 Å². The summed E-state index contributed by atoms with van der Waals surface area (Å²) >= 11 is 0. The fourth-order valence-electron chi connectivity index (χ4n) is 2.30. The van der Waals surface area contributed by atoms with E-state index < -0.39 is 5.97 Å². The quantitative estimate of drug-likeness (QED) is 0.859. The van der Waals surface area contributed by atoms with Crippen molar-refractivity contribution in [3.8, 4) is 0 Å². The van der Waals surface area contributed by atoms with Crippen LogP contribution in [-0.2, 0) is 6.54 Å². The van der Waals surface area contributed by atoms with Gasteiger partial charge in [-0.3, -0.25) is 4.90 Å². The molecule has 1 fully saturated rings. The van der Waals surface area contributed by atoms with E-state index in [1.54, 1.807) is 0 Å². The van der Waals surface area contributed by atoms with Gasteiger partial charge in [-0.25, -0.2) is 4.79 Å². The van der Waals surface area contributed by atoms with Crippen molar-refractivity contribution < 1.29 is 14.4 Å². The number of likely N-dealkylation sites (tertiary alicyclic amines) is 1. The summed E-state index contributed by atoms with van der Waals surface area (Å²) in [5.41, 5.74) is -0.0202. The lowest BCUT2D eigenvalue weighted by Crippen LogP contribution is -2.41. The van der Waals surface area contributed by atoms with Crippen molar-refractivity contribution in [3.63, 3.8) is 0 Å². The molecule has 1 aromatic heterocycles. The van der Waals surface area contributed by atoms with E-state index in [1.807, 2.05) is 0 Å². The van der Waals surface area contributed by atoms with Crippen LogP contribution in [0.4, 0.5) is 0 Å². The molecule has 100 valence electrons. The van der Waals surface area contributed by atoms with Crippen molar-refractivity contribution in [1.82, 2.24) is 15.0 Å². The Bertz CT molecular complexity index is 408. The summed E-state index contributed by atoms with van der Waals surface area (Å²) in [6.45, 7) is 2.65.